The SMILES string of the molecule is Cc1ccc2c(c1)C(NC(C)c1ccco1)CC2. The highest BCUT2D eigenvalue weighted by molar-refractivity contribution is 5.37. The molecule has 0 fully saturated rings. The normalized spacial score (nSPS) is 19.8. The summed E-state index contributed by atoms with van der Waals surface area (Å²) in [5.74, 6) is 1.01. The van der Waals surface area contributed by atoms with Crippen LogP contribution in [-0.4, -0.2) is 0 Å². The van der Waals surface area contributed by atoms with Crippen LogP contribution < -0.4 is 5.32 Å². The molecule has 0 bridgehead atoms. The van der Waals surface area contributed by atoms with Gasteiger partial charge in [0.1, 0.15) is 5.76 Å². The van der Waals surface area contributed by atoms with Gasteiger partial charge in [-0.3, -0.25) is 0 Å². The minimum absolute atomic E-state index is 0.261. The molecule has 0 aliphatic heterocycles. The Morgan fingerprint density at radius 1 is 1.33 bits per heavy atom. The molecule has 0 spiro atoms. The van der Waals surface area contributed by atoms with Gasteiger partial charge in [-0.1, -0.05) is 23.8 Å². The van der Waals surface area contributed by atoms with E-state index in [4.69, 9.17) is 4.42 Å². The van der Waals surface area contributed by atoms with Crippen LogP contribution in [0.1, 0.15) is 47.9 Å². The minimum Gasteiger partial charge on any atom is -0.468 e. The molecule has 1 heterocycles. The van der Waals surface area contributed by atoms with Gasteiger partial charge in [0.2, 0.25) is 0 Å². The van der Waals surface area contributed by atoms with Gasteiger partial charge in [0, 0.05) is 6.04 Å². The van der Waals surface area contributed by atoms with Crippen LogP contribution in [0.2, 0.25) is 0 Å². The topological polar surface area (TPSA) is 25.2 Å². The molecule has 18 heavy (non-hydrogen) atoms. The van der Waals surface area contributed by atoms with Crippen molar-refractivity contribution < 1.29 is 4.42 Å². The highest BCUT2D eigenvalue weighted by atomic mass is 16.3. The van der Waals surface area contributed by atoms with Crippen molar-refractivity contribution in [1.29, 1.82) is 0 Å². The number of fused-ring (bicyclic) bond motifs is 1. The lowest BCUT2D eigenvalue weighted by Crippen LogP contribution is -2.22. The van der Waals surface area contributed by atoms with E-state index in [2.05, 4.69) is 37.4 Å². The van der Waals surface area contributed by atoms with Gasteiger partial charge in [0.05, 0.1) is 12.3 Å². The van der Waals surface area contributed by atoms with Gasteiger partial charge >= 0.3 is 0 Å². The van der Waals surface area contributed by atoms with Crippen molar-refractivity contribution in [3.63, 3.8) is 0 Å². The smallest absolute Gasteiger partial charge is 0.120 e. The van der Waals surface area contributed by atoms with Crippen LogP contribution in [0.3, 0.4) is 0 Å². The molecule has 0 saturated carbocycles. The zero-order valence-electron chi connectivity index (χ0n) is 10.9. The van der Waals surface area contributed by atoms with Crippen molar-refractivity contribution >= 4 is 0 Å². The minimum atomic E-state index is 0.261. The van der Waals surface area contributed by atoms with Crippen molar-refractivity contribution in [1.82, 2.24) is 5.32 Å². The lowest BCUT2D eigenvalue weighted by Gasteiger charge is -2.19. The number of benzene rings is 1. The standard InChI is InChI=1S/C16H19NO/c1-11-5-6-13-7-8-15(14(13)10-11)17-12(2)16-4-3-9-18-16/h3-6,9-10,12,15,17H,7-8H2,1-2H3. The second-order valence-corrected chi connectivity index (χ2v) is 5.20. The molecule has 0 amide bonds. The van der Waals surface area contributed by atoms with E-state index in [1.54, 1.807) is 6.26 Å². The predicted molar refractivity (Wildman–Crippen MR) is 72.5 cm³/mol. The summed E-state index contributed by atoms with van der Waals surface area (Å²) in [4.78, 5) is 0. The van der Waals surface area contributed by atoms with Gasteiger partial charge in [-0.15, -0.1) is 0 Å². The molecule has 2 aromatic rings. The molecule has 2 atom stereocenters. The van der Waals surface area contributed by atoms with E-state index in [0.29, 0.717) is 6.04 Å². The molecular formula is C16H19NO. The zero-order chi connectivity index (χ0) is 12.5. The highest BCUT2D eigenvalue weighted by Gasteiger charge is 2.24. The van der Waals surface area contributed by atoms with Gasteiger partial charge in [0.25, 0.3) is 0 Å². The number of aryl methyl sites for hydroxylation is 2. The highest BCUT2D eigenvalue weighted by Crippen LogP contribution is 2.33. The van der Waals surface area contributed by atoms with E-state index in [0.717, 1.165) is 5.76 Å². The third kappa shape index (κ3) is 2.08. The lowest BCUT2D eigenvalue weighted by atomic mass is 10.0. The van der Waals surface area contributed by atoms with Crippen LogP contribution in [0.25, 0.3) is 0 Å². The van der Waals surface area contributed by atoms with Crippen LogP contribution in [-0.2, 0) is 6.42 Å². The Balaban J connectivity index is 1.78. The number of furan rings is 1. The summed E-state index contributed by atoms with van der Waals surface area (Å²) in [6.45, 7) is 4.32. The second kappa shape index (κ2) is 4.62. The Labute approximate surface area is 108 Å². The van der Waals surface area contributed by atoms with Gasteiger partial charge in [-0.25, -0.2) is 0 Å². The fraction of sp³-hybridized carbons (Fsp3) is 0.375. The van der Waals surface area contributed by atoms with E-state index in [1.807, 2.05) is 12.1 Å². The number of hydrogen-bond acceptors (Lipinski definition) is 2. The molecule has 1 N–H and O–H groups in total. The molecule has 2 nitrogen and oxygen atoms in total. The zero-order valence-corrected chi connectivity index (χ0v) is 10.9. The molecule has 1 aliphatic carbocycles. The number of hydrogen-bond donors (Lipinski definition) is 1. The Morgan fingerprint density at radius 3 is 3.00 bits per heavy atom. The summed E-state index contributed by atoms with van der Waals surface area (Å²) in [6.07, 6.45) is 4.10. The van der Waals surface area contributed by atoms with Crippen molar-refractivity contribution in [2.75, 3.05) is 0 Å². The molecule has 3 rings (SSSR count). The molecule has 2 heteroatoms. The van der Waals surface area contributed by atoms with Crippen molar-refractivity contribution in [2.45, 2.75) is 38.8 Å². The average Bonchev–Trinajstić information content (AvgIpc) is 2.99. The summed E-state index contributed by atoms with van der Waals surface area (Å²) < 4.78 is 5.45. The quantitative estimate of drug-likeness (QED) is 0.881. The Hall–Kier alpha value is -1.54. The van der Waals surface area contributed by atoms with Gasteiger partial charge in [-0.05, 0) is 49.9 Å². The maximum Gasteiger partial charge on any atom is 0.120 e. The van der Waals surface area contributed by atoms with E-state index >= 15 is 0 Å². The van der Waals surface area contributed by atoms with Crippen molar-refractivity contribution in [2.24, 2.45) is 0 Å². The Bertz CT molecular complexity index is 530. The molecule has 94 valence electrons. The fourth-order valence-electron chi connectivity index (χ4n) is 2.82. The molecule has 2 unspecified atom stereocenters. The Kier molecular flexibility index (Phi) is 2.96. The molecule has 1 aromatic carbocycles. The fourth-order valence-corrected chi connectivity index (χ4v) is 2.82. The van der Waals surface area contributed by atoms with Gasteiger partial charge < -0.3 is 9.73 Å². The van der Waals surface area contributed by atoms with Crippen LogP contribution in [0.5, 0.6) is 0 Å². The predicted octanol–water partition coefficient (Wildman–Crippen LogP) is 3.93. The van der Waals surface area contributed by atoms with Gasteiger partial charge in [-0.2, -0.15) is 0 Å². The molecule has 0 radical (unpaired) electrons. The summed E-state index contributed by atoms with van der Waals surface area (Å²) in [5.41, 5.74) is 4.30. The Morgan fingerprint density at radius 2 is 2.22 bits per heavy atom. The molecular weight excluding hydrogens is 222 g/mol. The first kappa shape index (κ1) is 11.5. The summed E-state index contributed by atoms with van der Waals surface area (Å²) in [6, 6.07) is 11.5. The van der Waals surface area contributed by atoms with Crippen LogP contribution >= 0.6 is 0 Å². The first-order valence-electron chi connectivity index (χ1n) is 6.63. The largest absolute Gasteiger partial charge is 0.468 e. The summed E-state index contributed by atoms with van der Waals surface area (Å²) in [5, 5.41) is 3.67. The van der Waals surface area contributed by atoms with Crippen molar-refractivity contribution in [3.05, 3.63) is 59.0 Å². The maximum atomic E-state index is 5.45. The van der Waals surface area contributed by atoms with E-state index in [-0.39, 0.29) is 6.04 Å². The second-order valence-electron chi connectivity index (χ2n) is 5.20. The average molecular weight is 241 g/mol. The van der Waals surface area contributed by atoms with E-state index in [9.17, 15) is 0 Å². The molecule has 1 aromatic heterocycles. The van der Waals surface area contributed by atoms with Crippen LogP contribution in [0.15, 0.2) is 41.0 Å². The van der Waals surface area contributed by atoms with E-state index < -0.39 is 0 Å². The summed E-state index contributed by atoms with van der Waals surface area (Å²) in [7, 11) is 0. The first-order chi connectivity index (χ1) is 8.74. The number of rotatable bonds is 3. The third-order valence-corrected chi connectivity index (χ3v) is 3.80. The maximum absolute atomic E-state index is 5.45. The van der Waals surface area contributed by atoms with Crippen LogP contribution in [0, 0.1) is 6.92 Å². The monoisotopic (exact) mass is 241 g/mol. The summed E-state index contributed by atoms with van der Waals surface area (Å²) >= 11 is 0. The van der Waals surface area contributed by atoms with Crippen molar-refractivity contribution in [3.8, 4) is 0 Å². The molecule has 0 saturated heterocycles. The third-order valence-electron chi connectivity index (χ3n) is 3.80. The first-order valence-corrected chi connectivity index (χ1v) is 6.63. The number of nitrogens with one attached hydrogen (secondary N) is 1. The lowest BCUT2D eigenvalue weighted by molar-refractivity contribution is 0.391. The van der Waals surface area contributed by atoms with E-state index in [1.165, 1.54) is 29.5 Å². The van der Waals surface area contributed by atoms with Crippen LogP contribution in [0.4, 0.5) is 0 Å². The van der Waals surface area contributed by atoms with Gasteiger partial charge in [0.15, 0.2) is 0 Å². The molecule has 1 aliphatic rings.